The van der Waals surface area contributed by atoms with Crippen LogP contribution in [0.3, 0.4) is 0 Å². The Morgan fingerprint density at radius 2 is 1.30 bits per heavy atom. The van der Waals surface area contributed by atoms with Gasteiger partial charge in [-0.3, -0.25) is 0 Å². The summed E-state index contributed by atoms with van der Waals surface area (Å²) < 4.78 is 6.38. The molecule has 1 aliphatic rings. The number of ether oxygens (including phenoxy) is 1. The summed E-state index contributed by atoms with van der Waals surface area (Å²) in [7, 11) is 0. The number of rotatable bonds is 10. The molecule has 0 amide bonds. The van der Waals surface area contributed by atoms with Crippen molar-refractivity contribution >= 4 is 16.9 Å². The molecule has 216 valence electrons. The summed E-state index contributed by atoms with van der Waals surface area (Å²) in [6.45, 7) is 12.5. The molecule has 5 rings (SSSR count). The van der Waals surface area contributed by atoms with Gasteiger partial charge in [0.05, 0.1) is 0 Å². The number of hydrogen-bond acceptors (Lipinski definition) is 2. The molecule has 0 aromatic heterocycles. The van der Waals surface area contributed by atoms with Crippen LogP contribution in [0.4, 0.5) is 11.4 Å². The highest BCUT2D eigenvalue weighted by Gasteiger charge is 2.19. The van der Waals surface area contributed by atoms with Gasteiger partial charge >= 0.3 is 0 Å². The van der Waals surface area contributed by atoms with Crippen LogP contribution < -0.4 is 4.90 Å². The molecule has 0 radical (unpaired) electrons. The van der Waals surface area contributed by atoms with Gasteiger partial charge in [0.25, 0.3) is 0 Å². The van der Waals surface area contributed by atoms with Crippen molar-refractivity contribution in [2.45, 2.75) is 6.42 Å². The van der Waals surface area contributed by atoms with Crippen LogP contribution >= 0.6 is 0 Å². The van der Waals surface area contributed by atoms with E-state index in [0.717, 1.165) is 45.1 Å². The predicted octanol–water partition coefficient (Wildman–Crippen LogP) is 11.2. The smallest absolute Gasteiger partial charge is 0.122 e. The zero-order chi connectivity index (χ0) is 30.6. The van der Waals surface area contributed by atoms with E-state index in [-0.39, 0.29) is 0 Å². The van der Waals surface area contributed by atoms with Crippen molar-refractivity contribution in [1.29, 1.82) is 0 Å². The van der Waals surface area contributed by atoms with Gasteiger partial charge in [0, 0.05) is 22.6 Å². The molecular formula is C42H37NO. The van der Waals surface area contributed by atoms with Gasteiger partial charge in [0.15, 0.2) is 0 Å². The fourth-order valence-corrected chi connectivity index (χ4v) is 4.93. The Morgan fingerprint density at radius 3 is 1.95 bits per heavy atom. The maximum Gasteiger partial charge on any atom is 0.122 e. The van der Waals surface area contributed by atoms with Crippen molar-refractivity contribution in [3.63, 3.8) is 0 Å². The van der Waals surface area contributed by atoms with E-state index in [0.29, 0.717) is 13.0 Å². The van der Waals surface area contributed by atoms with Crippen molar-refractivity contribution in [2.75, 3.05) is 11.5 Å². The molecule has 0 saturated carbocycles. The third-order valence-electron chi connectivity index (χ3n) is 7.25. The number of anilines is 2. The maximum atomic E-state index is 6.38. The Labute approximate surface area is 262 Å². The summed E-state index contributed by atoms with van der Waals surface area (Å²) in [4.78, 5) is 2.28. The van der Waals surface area contributed by atoms with Crippen LogP contribution in [0.2, 0.25) is 0 Å². The highest BCUT2D eigenvalue weighted by atomic mass is 16.5. The average Bonchev–Trinajstić information content (AvgIpc) is 3.07. The van der Waals surface area contributed by atoms with E-state index in [1.807, 2.05) is 36.4 Å². The van der Waals surface area contributed by atoms with Crippen LogP contribution in [0.25, 0.3) is 16.7 Å². The van der Waals surface area contributed by atoms with Crippen LogP contribution in [0.5, 0.6) is 0 Å². The number of benzene rings is 4. The van der Waals surface area contributed by atoms with Gasteiger partial charge in [-0.2, -0.15) is 0 Å². The molecule has 1 heterocycles. The van der Waals surface area contributed by atoms with E-state index < -0.39 is 0 Å². The van der Waals surface area contributed by atoms with E-state index >= 15 is 0 Å². The fourth-order valence-electron chi connectivity index (χ4n) is 4.93. The third-order valence-corrected chi connectivity index (χ3v) is 7.25. The zero-order valence-electron chi connectivity index (χ0n) is 25.0. The number of para-hydroxylation sites is 1. The van der Waals surface area contributed by atoms with Gasteiger partial charge in [-0.15, -0.1) is 0 Å². The highest BCUT2D eigenvalue weighted by Crippen LogP contribution is 2.35. The Kier molecular flexibility index (Phi) is 10.2. The normalized spacial score (nSPS) is 16.8. The SMILES string of the molecule is C=CC(=C)/C=C\C=C/C/C=C1\OC/C(c2ccccc2)=C\C(N(c2ccccc2)c2ccc(-c3ccccc3)cc2)=C/C1=C. The second-order valence-corrected chi connectivity index (χ2v) is 10.4. The van der Waals surface area contributed by atoms with Gasteiger partial charge in [-0.05, 0) is 76.8 Å². The first-order chi connectivity index (χ1) is 21.6. The molecule has 0 unspecified atom stereocenters. The minimum absolute atomic E-state index is 0.421. The molecule has 4 aromatic carbocycles. The summed E-state index contributed by atoms with van der Waals surface area (Å²) in [6.07, 6.45) is 16.8. The molecule has 2 heteroatoms. The van der Waals surface area contributed by atoms with Crippen molar-refractivity contribution in [2.24, 2.45) is 0 Å². The second kappa shape index (κ2) is 15.0. The minimum Gasteiger partial charge on any atom is -0.489 e. The van der Waals surface area contributed by atoms with E-state index in [1.54, 1.807) is 6.08 Å². The first kappa shape index (κ1) is 29.9. The molecule has 44 heavy (non-hydrogen) atoms. The first-order valence-corrected chi connectivity index (χ1v) is 14.8. The lowest BCUT2D eigenvalue weighted by Crippen LogP contribution is -2.17. The Bertz CT molecular complexity index is 1740. The largest absolute Gasteiger partial charge is 0.489 e. The Hall–Kier alpha value is -5.60. The molecule has 0 fully saturated rings. The molecule has 0 bridgehead atoms. The van der Waals surface area contributed by atoms with Crippen molar-refractivity contribution in [1.82, 2.24) is 0 Å². The Balaban J connectivity index is 1.55. The standard InChI is InChI=1S/C42H37NO/c1-4-33(2)18-10-5-6-17-25-42-34(3)30-41(31-38(32-44-42)36-21-13-8-14-22-36)43(39-23-15-9-16-24-39)40-28-26-37(27-29-40)35-19-11-7-12-20-35/h4-16,18-31H,1-3,17,32H2/b6-5-,18-10-,38-31+,41-30+,42-25-. The van der Waals surface area contributed by atoms with Gasteiger partial charge in [-0.1, -0.05) is 141 Å². The van der Waals surface area contributed by atoms with E-state index in [1.165, 1.54) is 11.1 Å². The summed E-state index contributed by atoms with van der Waals surface area (Å²) in [5.41, 5.74) is 9.37. The lowest BCUT2D eigenvalue weighted by atomic mass is 10.0. The third kappa shape index (κ3) is 7.81. The maximum absolute atomic E-state index is 6.38. The van der Waals surface area contributed by atoms with Crippen molar-refractivity contribution < 1.29 is 4.74 Å². The van der Waals surface area contributed by atoms with Crippen LogP contribution in [-0.4, -0.2) is 6.61 Å². The molecule has 0 atom stereocenters. The number of nitrogens with zero attached hydrogens (tertiary/aromatic N) is 1. The molecule has 1 aliphatic heterocycles. The summed E-state index contributed by atoms with van der Waals surface area (Å²) in [5, 5.41) is 0. The average molecular weight is 572 g/mol. The first-order valence-electron chi connectivity index (χ1n) is 14.8. The topological polar surface area (TPSA) is 12.5 Å². The van der Waals surface area contributed by atoms with Gasteiger partial charge in [0.1, 0.15) is 12.4 Å². The highest BCUT2D eigenvalue weighted by molar-refractivity contribution is 5.78. The fraction of sp³-hybridized carbons (Fsp3) is 0.0476. The molecule has 0 saturated heterocycles. The van der Waals surface area contributed by atoms with Gasteiger partial charge in [-0.25, -0.2) is 0 Å². The van der Waals surface area contributed by atoms with E-state index in [9.17, 15) is 0 Å². The minimum atomic E-state index is 0.421. The van der Waals surface area contributed by atoms with Crippen LogP contribution in [0.15, 0.2) is 206 Å². The molecule has 2 nitrogen and oxygen atoms in total. The van der Waals surface area contributed by atoms with Gasteiger partial charge < -0.3 is 9.64 Å². The van der Waals surface area contributed by atoms with Crippen molar-refractivity contribution in [3.05, 3.63) is 212 Å². The van der Waals surface area contributed by atoms with E-state index in [4.69, 9.17) is 4.74 Å². The summed E-state index contributed by atoms with van der Waals surface area (Å²) in [5.74, 6) is 0.764. The lowest BCUT2D eigenvalue weighted by molar-refractivity contribution is 0.262. The monoisotopic (exact) mass is 571 g/mol. The van der Waals surface area contributed by atoms with Crippen LogP contribution in [-0.2, 0) is 4.74 Å². The molecule has 0 aliphatic carbocycles. The zero-order valence-corrected chi connectivity index (χ0v) is 25.0. The molecular weight excluding hydrogens is 534 g/mol. The second-order valence-electron chi connectivity index (χ2n) is 10.4. The van der Waals surface area contributed by atoms with Gasteiger partial charge in [0.2, 0.25) is 0 Å². The Morgan fingerprint density at radius 1 is 0.705 bits per heavy atom. The summed E-state index contributed by atoms with van der Waals surface area (Å²) in [6, 6.07) is 40.0. The molecule has 0 N–H and O–H groups in total. The predicted molar refractivity (Wildman–Crippen MR) is 188 cm³/mol. The van der Waals surface area contributed by atoms with Crippen LogP contribution in [0, 0.1) is 0 Å². The van der Waals surface area contributed by atoms with Crippen molar-refractivity contribution in [3.8, 4) is 11.1 Å². The van der Waals surface area contributed by atoms with Crippen LogP contribution in [0.1, 0.15) is 12.0 Å². The summed E-state index contributed by atoms with van der Waals surface area (Å²) >= 11 is 0. The quantitative estimate of drug-likeness (QED) is 0.176. The molecule has 0 spiro atoms. The molecule has 4 aromatic rings. The number of hydrogen-bond donors (Lipinski definition) is 0. The van der Waals surface area contributed by atoms with E-state index in [2.05, 4.69) is 146 Å². The lowest BCUT2D eigenvalue weighted by Gasteiger charge is -2.29. The number of allylic oxidation sites excluding steroid dienone is 9.